The molecule has 0 spiro atoms. The van der Waals surface area contributed by atoms with Crippen LogP contribution in [-0.2, 0) is 0 Å². The van der Waals surface area contributed by atoms with Crippen molar-refractivity contribution in [2.24, 2.45) is 5.41 Å². The number of rotatable bonds is 1. The van der Waals surface area contributed by atoms with Crippen LogP contribution in [0.1, 0.15) is 26.7 Å². The second kappa shape index (κ2) is 2.49. The topological polar surface area (TPSA) is 20.2 Å². The van der Waals surface area contributed by atoms with E-state index < -0.39 is 5.60 Å². The van der Waals surface area contributed by atoms with Gasteiger partial charge in [-0.3, -0.25) is 0 Å². The van der Waals surface area contributed by atoms with Crippen molar-refractivity contribution in [3.05, 3.63) is 24.8 Å². The summed E-state index contributed by atoms with van der Waals surface area (Å²) in [5, 5.41) is 9.74. The number of hydrogen-bond donors (Lipinski definition) is 1. The third-order valence-electron chi connectivity index (χ3n) is 2.28. The van der Waals surface area contributed by atoms with Gasteiger partial charge in [0.05, 0.1) is 5.60 Å². The summed E-state index contributed by atoms with van der Waals surface area (Å²) in [7, 11) is 0. The summed E-state index contributed by atoms with van der Waals surface area (Å²) in [6.07, 6.45) is 7.59. The van der Waals surface area contributed by atoms with Crippen LogP contribution in [0.3, 0.4) is 0 Å². The Morgan fingerprint density at radius 2 is 2.18 bits per heavy atom. The normalized spacial score (nSPS) is 43.9. The molecule has 0 amide bonds. The lowest BCUT2D eigenvalue weighted by Crippen LogP contribution is -2.33. The molecule has 1 aliphatic rings. The first kappa shape index (κ1) is 8.54. The van der Waals surface area contributed by atoms with Crippen LogP contribution < -0.4 is 0 Å². The molecule has 1 heteroatoms. The zero-order valence-electron chi connectivity index (χ0n) is 7.30. The zero-order valence-corrected chi connectivity index (χ0v) is 7.30. The van der Waals surface area contributed by atoms with Crippen molar-refractivity contribution in [2.75, 3.05) is 0 Å². The van der Waals surface area contributed by atoms with E-state index in [-0.39, 0.29) is 5.41 Å². The van der Waals surface area contributed by atoms with Crippen molar-refractivity contribution in [1.29, 1.82) is 0 Å². The second-order valence-corrected chi connectivity index (χ2v) is 3.99. The Kier molecular flexibility index (Phi) is 1.93. The number of hydrogen-bond acceptors (Lipinski definition) is 1. The molecule has 1 rings (SSSR count). The minimum absolute atomic E-state index is 0.0122. The molecule has 0 heterocycles. The maximum atomic E-state index is 9.74. The lowest BCUT2D eigenvalue weighted by atomic mass is 9.74. The fourth-order valence-corrected chi connectivity index (χ4v) is 1.67. The van der Waals surface area contributed by atoms with E-state index in [0.29, 0.717) is 0 Å². The Labute approximate surface area is 68.4 Å². The molecule has 0 saturated carbocycles. The van der Waals surface area contributed by atoms with Gasteiger partial charge in [-0.2, -0.15) is 0 Å². The van der Waals surface area contributed by atoms with Crippen LogP contribution in [0.5, 0.6) is 0 Å². The van der Waals surface area contributed by atoms with Crippen molar-refractivity contribution < 1.29 is 5.11 Å². The first-order valence-electron chi connectivity index (χ1n) is 4.01. The van der Waals surface area contributed by atoms with Crippen LogP contribution in [0.2, 0.25) is 0 Å². The van der Waals surface area contributed by atoms with Crippen LogP contribution in [0.15, 0.2) is 24.8 Å². The first-order valence-corrected chi connectivity index (χ1v) is 4.01. The minimum atomic E-state index is -0.544. The molecule has 1 aliphatic carbocycles. The summed E-state index contributed by atoms with van der Waals surface area (Å²) >= 11 is 0. The second-order valence-electron chi connectivity index (χ2n) is 3.99. The molecular weight excluding hydrogens is 136 g/mol. The molecule has 0 fully saturated rings. The van der Waals surface area contributed by atoms with Crippen molar-refractivity contribution in [3.8, 4) is 0 Å². The lowest BCUT2D eigenvalue weighted by Gasteiger charge is -2.35. The molecule has 1 nitrogen and oxygen atoms in total. The van der Waals surface area contributed by atoms with Crippen molar-refractivity contribution in [1.82, 2.24) is 0 Å². The van der Waals surface area contributed by atoms with Gasteiger partial charge in [0.15, 0.2) is 0 Å². The highest BCUT2D eigenvalue weighted by Crippen LogP contribution is 2.36. The third-order valence-corrected chi connectivity index (χ3v) is 2.28. The van der Waals surface area contributed by atoms with E-state index in [1.807, 2.05) is 19.1 Å². The van der Waals surface area contributed by atoms with Gasteiger partial charge in [0, 0.05) is 5.41 Å². The Hall–Kier alpha value is -0.560. The largest absolute Gasteiger partial charge is 0.390 e. The molecule has 0 radical (unpaired) electrons. The van der Waals surface area contributed by atoms with E-state index in [4.69, 9.17) is 0 Å². The molecule has 62 valence electrons. The quantitative estimate of drug-likeness (QED) is 0.571. The molecule has 0 aromatic rings. The van der Waals surface area contributed by atoms with Gasteiger partial charge >= 0.3 is 0 Å². The van der Waals surface area contributed by atoms with Crippen molar-refractivity contribution in [3.63, 3.8) is 0 Å². The summed E-state index contributed by atoms with van der Waals surface area (Å²) in [5.41, 5.74) is -0.556. The molecule has 0 aromatic heterocycles. The maximum Gasteiger partial charge on any atom is 0.0665 e. The average molecular weight is 152 g/mol. The monoisotopic (exact) mass is 152 g/mol. The van der Waals surface area contributed by atoms with E-state index in [1.54, 1.807) is 0 Å². The molecule has 0 saturated heterocycles. The van der Waals surface area contributed by atoms with Gasteiger partial charge in [-0.1, -0.05) is 25.2 Å². The third kappa shape index (κ3) is 1.93. The first-order chi connectivity index (χ1) is 4.97. The lowest BCUT2D eigenvalue weighted by molar-refractivity contribution is 0.0271. The Morgan fingerprint density at radius 1 is 1.55 bits per heavy atom. The van der Waals surface area contributed by atoms with Gasteiger partial charge < -0.3 is 5.11 Å². The Morgan fingerprint density at radius 3 is 2.55 bits per heavy atom. The van der Waals surface area contributed by atoms with Crippen molar-refractivity contribution >= 4 is 0 Å². The van der Waals surface area contributed by atoms with Gasteiger partial charge in [-0.15, -0.1) is 6.58 Å². The van der Waals surface area contributed by atoms with Gasteiger partial charge in [0.1, 0.15) is 0 Å². The van der Waals surface area contributed by atoms with E-state index >= 15 is 0 Å². The summed E-state index contributed by atoms with van der Waals surface area (Å²) in [5.74, 6) is 0. The Bertz CT molecular complexity index is 191. The van der Waals surface area contributed by atoms with Crippen LogP contribution in [-0.4, -0.2) is 10.7 Å². The molecule has 0 aromatic carbocycles. The standard InChI is InChI=1S/C10H16O/c1-4-9(2)6-5-7-10(3,11)8-9/h4-6,11H,1,7-8H2,2-3H3. The van der Waals surface area contributed by atoms with Gasteiger partial charge in [-0.05, 0) is 19.8 Å². The van der Waals surface area contributed by atoms with Gasteiger partial charge in [-0.25, -0.2) is 0 Å². The zero-order chi connectivity index (χ0) is 8.54. The van der Waals surface area contributed by atoms with Crippen LogP contribution in [0, 0.1) is 5.41 Å². The highest BCUT2D eigenvalue weighted by molar-refractivity contribution is 5.14. The summed E-state index contributed by atoms with van der Waals surface area (Å²) in [4.78, 5) is 0. The van der Waals surface area contributed by atoms with E-state index in [2.05, 4.69) is 19.6 Å². The highest BCUT2D eigenvalue weighted by Gasteiger charge is 2.32. The fraction of sp³-hybridized carbons (Fsp3) is 0.600. The smallest absolute Gasteiger partial charge is 0.0665 e. The summed E-state index contributed by atoms with van der Waals surface area (Å²) in [6, 6.07) is 0. The van der Waals surface area contributed by atoms with E-state index in [0.717, 1.165) is 12.8 Å². The molecule has 2 unspecified atom stereocenters. The number of aliphatic hydroxyl groups is 1. The highest BCUT2D eigenvalue weighted by atomic mass is 16.3. The maximum absolute atomic E-state index is 9.74. The molecule has 2 atom stereocenters. The average Bonchev–Trinajstić information content (AvgIpc) is 1.85. The molecule has 0 bridgehead atoms. The molecule has 1 N–H and O–H groups in total. The van der Waals surface area contributed by atoms with Crippen LogP contribution >= 0.6 is 0 Å². The van der Waals surface area contributed by atoms with Gasteiger partial charge in [0.2, 0.25) is 0 Å². The summed E-state index contributed by atoms with van der Waals surface area (Å²) in [6.45, 7) is 7.72. The van der Waals surface area contributed by atoms with Crippen LogP contribution in [0.4, 0.5) is 0 Å². The molecular formula is C10H16O. The van der Waals surface area contributed by atoms with Crippen LogP contribution in [0.25, 0.3) is 0 Å². The van der Waals surface area contributed by atoms with Gasteiger partial charge in [0.25, 0.3) is 0 Å². The molecule has 11 heavy (non-hydrogen) atoms. The SMILES string of the molecule is C=CC1(C)C=CCC(C)(O)C1. The number of allylic oxidation sites excluding steroid dienone is 2. The predicted octanol–water partition coefficient (Wildman–Crippen LogP) is 2.28. The van der Waals surface area contributed by atoms with E-state index in [9.17, 15) is 5.11 Å². The fourth-order valence-electron chi connectivity index (χ4n) is 1.67. The predicted molar refractivity (Wildman–Crippen MR) is 47.3 cm³/mol. The Balaban J connectivity index is 2.82. The summed E-state index contributed by atoms with van der Waals surface area (Å²) < 4.78 is 0. The van der Waals surface area contributed by atoms with E-state index in [1.165, 1.54) is 0 Å². The minimum Gasteiger partial charge on any atom is -0.390 e. The van der Waals surface area contributed by atoms with Crippen molar-refractivity contribution in [2.45, 2.75) is 32.3 Å². The molecule has 0 aliphatic heterocycles.